The van der Waals surface area contributed by atoms with Crippen LogP contribution in [0.3, 0.4) is 0 Å². The molecule has 3 rings (SSSR count). The molecule has 1 aromatic heterocycles. The number of amides is 1. The molecule has 0 saturated carbocycles. The molecule has 154 valence electrons. The molecule has 0 bridgehead atoms. The first-order chi connectivity index (χ1) is 13.4. The average molecular weight is 475 g/mol. The van der Waals surface area contributed by atoms with Gasteiger partial charge < -0.3 is 4.42 Å². The highest BCUT2D eigenvalue weighted by Crippen LogP contribution is 2.33. The molecule has 1 aliphatic heterocycles. The molecule has 3 N–H and O–H groups in total. The third-order valence-corrected chi connectivity index (χ3v) is 6.82. The largest absolute Gasteiger partial charge is 0.457 e. The molecule has 1 amide bonds. The van der Waals surface area contributed by atoms with E-state index in [0.29, 0.717) is 17.1 Å². The number of primary sulfonamides is 1. The fraction of sp³-hybridized carbons (Fsp3) is 0.125. The molecular weight excluding hydrogens is 460 g/mol. The lowest BCUT2D eigenvalue weighted by Crippen LogP contribution is -2.32. The molecule has 1 aromatic carbocycles. The Hall–Kier alpha value is -2.03. The van der Waals surface area contributed by atoms with Crippen molar-refractivity contribution in [3.8, 4) is 11.3 Å². The molecule has 2 aromatic rings. The molecule has 9 nitrogen and oxygen atoms in total. The number of furan rings is 1. The maximum absolute atomic E-state index is 12.4. The van der Waals surface area contributed by atoms with Crippen LogP contribution in [0.2, 0.25) is 0 Å². The lowest BCUT2D eigenvalue weighted by Gasteiger charge is -2.12. The number of hydrogen-bond donors (Lipinski definition) is 2. The number of thiocarbonyl (C=S) groups is 1. The molecule has 1 saturated heterocycles. The molecule has 13 heteroatoms. The number of nitrogens with zero attached hydrogens (tertiary/aromatic N) is 1. The van der Waals surface area contributed by atoms with Gasteiger partial charge in [-0.25, -0.2) is 13.6 Å². The van der Waals surface area contributed by atoms with Gasteiger partial charge in [0.1, 0.15) is 15.8 Å². The van der Waals surface area contributed by atoms with Gasteiger partial charge in [-0.1, -0.05) is 24.0 Å². The monoisotopic (exact) mass is 474 g/mol. The lowest BCUT2D eigenvalue weighted by molar-refractivity contribution is -0.121. The van der Waals surface area contributed by atoms with Crippen LogP contribution in [0.15, 0.2) is 50.6 Å². The van der Waals surface area contributed by atoms with Crippen LogP contribution in [0.1, 0.15) is 5.76 Å². The fourth-order valence-corrected chi connectivity index (χ4v) is 4.64. The fourth-order valence-electron chi connectivity index (χ4n) is 2.42. The Labute approximate surface area is 176 Å². The van der Waals surface area contributed by atoms with Gasteiger partial charge in [-0.05, 0) is 36.4 Å². The molecule has 0 atom stereocenters. The number of benzene rings is 1. The van der Waals surface area contributed by atoms with E-state index in [4.69, 9.17) is 26.3 Å². The second-order valence-electron chi connectivity index (χ2n) is 5.89. The summed E-state index contributed by atoms with van der Waals surface area (Å²) in [6.07, 6.45) is 1.47. The standard InChI is InChI=1S/C16H14N2O7S4/c17-29(23,24)12-4-1-10(2-5-12)13-6-3-11(25-13)9-14-15(19)18(16(26)27-14)7-8-28(20,21)22/h1-6,9H,7-8H2,(H2,17,23,24)(H,20,21,22)/b14-9-. The first-order valence-corrected chi connectivity index (χ1v) is 12.3. The summed E-state index contributed by atoms with van der Waals surface area (Å²) >= 11 is 6.07. The van der Waals surface area contributed by atoms with Crippen molar-refractivity contribution in [3.63, 3.8) is 0 Å². The summed E-state index contributed by atoms with van der Waals surface area (Å²) in [6.45, 7) is -0.249. The summed E-state index contributed by atoms with van der Waals surface area (Å²) < 4.78 is 59.1. The van der Waals surface area contributed by atoms with Gasteiger partial charge in [-0.15, -0.1) is 0 Å². The Kier molecular flexibility index (Phi) is 5.98. The number of carbonyl (C=O) groups is 1. The number of thioether (sulfide) groups is 1. The van der Waals surface area contributed by atoms with Gasteiger partial charge in [0.05, 0.1) is 15.6 Å². The van der Waals surface area contributed by atoms with Crippen LogP contribution in [-0.2, 0) is 24.9 Å². The maximum Gasteiger partial charge on any atom is 0.266 e. The SMILES string of the molecule is NS(=O)(=O)c1ccc(-c2ccc(/C=C3\SC(=S)N(CCS(=O)(=O)O)C3=O)o2)cc1. The Balaban J connectivity index is 1.78. The van der Waals surface area contributed by atoms with Crippen LogP contribution in [0.25, 0.3) is 17.4 Å². The average Bonchev–Trinajstić information content (AvgIpc) is 3.17. The van der Waals surface area contributed by atoms with Crippen LogP contribution in [-0.4, -0.2) is 48.8 Å². The first-order valence-electron chi connectivity index (χ1n) is 7.88. The Bertz CT molecular complexity index is 1210. The van der Waals surface area contributed by atoms with E-state index in [2.05, 4.69) is 0 Å². The highest BCUT2D eigenvalue weighted by molar-refractivity contribution is 8.26. The van der Waals surface area contributed by atoms with E-state index in [-0.39, 0.29) is 20.7 Å². The quantitative estimate of drug-likeness (QED) is 0.362. The lowest BCUT2D eigenvalue weighted by atomic mass is 10.2. The van der Waals surface area contributed by atoms with Crippen LogP contribution < -0.4 is 5.14 Å². The predicted molar refractivity (Wildman–Crippen MR) is 112 cm³/mol. The third kappa shape index (κ3) is 5.32. The number of sulfonamides is 1. The second-order valence-corrected chi connectivity index (χ2v) is 10.7. The normalized spacial score (nSPS) is 16.8. The number of hydrogen-bond acceptors (Lipinski definition) is 8. The van der Waals surface area contributed by atoms with E-state index >= 15 is 0 Å². The molecule has 0 unspecified atom stereocenters. The molecule has 2 heterocycles. The molecule has 0 spiro atoms. The van der Waals surface area contributed by atoms with E-state index in [1.165, 1.54) is 30.3 Å². The Morgan fingerprint density at radius 2 is 1.79 bits per heavy atom. The number of carbonyl (C=O) groups excluding carboxylic acids is 1. The molecule has 0 radical (unpaired) electrons. The van der Waals surface area contributed by atoms with Gasteiger partial charge >= 0.3 is 0 Å². The van der Waals surface area contributed by atoms with Crippen LogP contribution in [0, 0.1) is 0 Å². The van der Waals surface area contributed by atoms with E-state index in [1.807, 2.05) is 0 Å². The van der Waals surface area contributed by atoms with Gasteiger partial charge in [-0.3, -0.25) is 14.2 Å². The first kappa shape index (κ1) is 21.7. The molecule has 1 fully saturated rings. The molecule has 0 aliphatic carbocycles. The summed E-state index contributed by atoms with van der Waals surface area (Å²) in [5.74, 6) is -0.310. The molecule has 29 heavy (non-hydrogen) atoms. The molecular formula is C16H14N2O7S4. The van der Waals surface area contributed by atoms with Gasteiger partial charge in [-0.2, -0.15) is 8.42 Å². The second kappa shape index (κ2) is 8.01. The zero-order chi connectivity index (χ0) is 21.4. The van der Waals surface area contributed by atoms with Crippen molar-refractivity contribution in [1.29, 1.82) is 0 Å². The topological polar surface area (TPSA) is 148 Å². The summed E-state index contributed by atoms with van der Waals surface area (Å²) in [5.41, 5.74) is 0.609. The summed E-state index contributed by atoms with van der Waals surface area (Å²) in [7, 11) is -8.01. The predicted octanol–water partition coefficient (Wildman–Crippen LogP) is 1.68. The summed E-state index contributed by atoms with van der Waals surface area (Å²) in [4.78, 5) is 13.7. The van der Waals surface area contributed by atoms with Gasteiger partial charge in [0.25, 0.3) is 16.0 Å². The highest BCUT2D eigenvalue weighted by atomic mass is 32.2. The zero-order valence-electron chi connectivity index (χ0n) is 14.5. The third-order valence-electron chi connectivity index (χ3n) is 3.81. The van der Waals surface area contributed by atoms with Crippen LogP contribution >= 0.6 is 24.0 Å². The van der Waals surface area contributed by atoms with Gasteiger partial charge in [0.2, 0.25) is 10.0 Å². The van der Waals surface area contributed by atoms with Crippen molar-refractivity contribution < 1.29 is 30.6 Å². The smallest absolute Gasteiger partial charge is 0.266 e. The van der Waals surface area contributed by atoms with E-state index in [1.54, 1.807) is 12.1 Å². The van der Waals surface area contributed by atoms with E-state index in [0.717, 1.165) is 16.7 Å². The molecule has 1 aliphatic rings. The summed E-state index contributed by atoms with van der Waals surface area (Å²) in [5, 5.41) is 5.07. The number of rotatable bonds is 6. The van der Waals surface area contributed by atoms with E-state index < -0.39 is 31.8 Å². The zero-order valence-corrected chi connectivity index (χ0v) is 17.8. The van der Waals surface area contributed by atoms with Crippen molar-refractivity contribution in [1.82, 2.24) is 4.90 Å². The van der Waals surface area contributed by atoms with Gasteiger partial charge in [0.15, 0.2) is 0 Å². The van der Waals surface area contributed by atoms with Crippen LogP contribution in [0.5, 0.6) is 0 Å². The van der Waals surface area contributed by atoms with Crippen molar-refractivity contribution >= 4 is 60.4 Å². The van der Waals surface area contributed by atoms with Gasteiger partial charge in [0, 0.05) is 18.2 Å². The van der Waals surface area contributed by atoms with Crippen molar-refractivity contribution in [2.24, 2.45) is 5.14 Å². The minimum Gasteiger partial charge on any atom is -0.457 e. The number of nitrogens with two attached hydrogens (primary N) is 1. The minimum absolute atomic E-state index is 0.0263. The Morgan fingerprint density at radius 3 is 2.38 bits per heavy atom. The minimum atomic E-state index is -4.22. The highest BCUT2D eigenvalue weighted by Gasteiger charge is 2.32. The van der Waals surface area contributed by atoms with Crippen LogP contribution in [0.4, 0.5) is 0 Å². The Morgan fingerprint density at radius 1 is 1.14 bits per heavy atom. The van der Waals surface area contributed by atoms with Crippen molar-refractivity contribution in [2.75, 3.05) is 12.3 Å². The maximum atomic E-state index is 12.4. The van der Waals surface area contributed by atoms with E-state index in [9.17, 15) is 21.6 Å². The summed E-state index contributed by atoms with van der Waals surface area (Å²) in [6, 6.07) is 9.05. The van der Waals surface area contributed by atoms with Crippen molar-refractivity contribution in [2.45, 2.75) is 4.90 Å². The van der Waals surface area contributed by atoms with Crippen molar-refractivity contribution in [3.05, 3.63) is 47.1 Å².